The number of hydrogen-bond donors (Lipinski definition) is 0. The first-order chi connectivity index (χ1) is 25.3. The van der Waals surface area contributed by atoms with Gasteiger partial charge in [-0.25, -0.2) is 0 Å². The van der Waals surface area contributed by atoms with Crippen LogP contribution in [0.15, 0.2) is 148 Å². The lowest BCUT2D eigenvalue weighted by Gasteiger charge is -2.64. The first kappa shape index (κ1) is 30.9. The summed E-state index contributed by atoms with van der Waals surface area (Å²) in [7, 11) is 0. The first-order valence-electron chi connectivity index (χ1n) is 20.2. The van der Waals surface area contributed by atoms with Crippen molar-refractivity contribution in [3.8, 4) is 0 Å². The van der Waals surface area contributed by atoms with Gasteiger partial charge in [-0.05, 0) is 110 Å². The molecule has 0 saturated carbocycles. The van der Waals surface area contributed by atoms with E-state index >= 15 is 0 Å². The highest BCUT2D eigenvalue weighted by molar-refractivity contribution is 5.88. The van der Waals surface area contributed by atoms with Crippen LogP contribution in [-0.2, 0) is 9.47 Å². The molecule has 1 spiro atoms. The fourth-order valence-electron chi connectivity index (χ4n) is 12.5. The molecule has 4 nitrogen and oxygen atoms in total. The highest BCUT2D eigenvalue weighted by Crippen LogP contribution is 2.65. The molecule has 4 heteroatoms. The summed E-state index contributed by atoms with van der Waals surface area (Å²) in [5.74, 6) is 1.98. The number of ether oxygens (including phenoxy) is 2. The van der Waals surface area contributed by atoms with Crippen molar-refractivity contribution in [3.05, 3.63) is 143 Å². The van der Waals surface area contributed by atoms with E-state index in [0.717, 1.165) is 45.1 Å². The average Bonchev–Trinajstić information content (AvgIpc) is 3.85. The lowest BCUT2D eigenvalue weighted by Crippen LogP contribution is -2.65. The first-order valence-corrected chi connectivity index (χ1v) is 20.2. The Morgan fingerprint density at radius 2 is 1.69 bits per heavy atom. The molecule has 0 aromatic rings. The maximum atomic E-state index is 7.35. The smallest absolute Gasteiger partial charge is 0.0844 e. The van der Waals surface area contributed by atoms with Crippen molar-refractivity contribution >= 4 is 6.21 Å². The lowest BCUT2D eigenvalue weighted by molar-refractivity contribution is -0.191. The van der Waals surface area contributed by atoms with Gasteiger partial charge in [-0.1, -0.05) is 97.2 Å². The van der Waals surface area contributed by atoms with Gasteiger partial charge in [-0.15, -0.1) is 0 Å². The van der Waals surface area contributed by atoms with E-state index in [1.165, 1.54) is 41.7 Å². The number of rotatable bonds is 3. The van der Waals surface area contributed by atoms with Crippen LogP contribution in [0.2, 0.25) is 0 Å². The summed E-state index contributed by atoms with van der Waals surface area (Å²) in [6.07, 6.45) is 56.8. The molecule has 11 rings (SSSR count). The second kappa shape index (κ2) is 12.2. The van der Waals surface area contributed by atoms with Crippen LogP contribution in [0.4, 0.5) is 0 Å². The minimum absolute atomic E-state index is 0.0343. The van der Waals surface area contributed by atoms with Gasteiger partial charge in [0.15, 0.2) is 0 Å². The van der Waals surface area contributed by atoms with E-state index < -0.39 is 0 Å². The van der Waals surface area contributed by atoms with E-state index in [9.17, 15) is 0 Å². The van der Waals surface area contributed by atoms with Gasteiger partial charge in [0.1, 0.15) is 0 Å². The third kappa shape index (κ3) is 4.61. The number of fused-ring (bicyclic) bond motifs is 10. The van der Waals surface area contributed by atoms with Crippen molar-refractivity contribution in [3.63, 3.8) is 0 Å². The van der Waals surface area contributed by atoms with Gasteiger partial charge >= 0.3 is 0 Å². The molecule has 0 amide bonds. The van der Waals surface area contributed by atoms with Crippen molar-refractivity contribution < 1.29 is 9.47 Å². The van der Waals surface area contributed by atoms with Gasteiger partial charge in [-0.3, -0.25) is 4.99 Å². The second-order valence-corrected chi connectivity index (χ2v) is 16.7. The second-order valence-electron chi connectivity index (χ2n) is 16.7. The Kier molecular flexibility index (Phi) is 7.36. The van der Waals surface area contributed by atoms with E-state index in [0.29, 0.717) is 29.8 Å². The van der Waals surface area contributed by atoms with E-state index in [1.54, 1.807) is 11.1 Å². The van der Waals surface area contributed by atoms with Crippen molar-refractivity contribution in [2.45, 2.75) is 94.3 Å². The zero-order chi connectivity index (χ0) is 33.5. The molecule has 51 heavy (non-hydrogen) atoms. The van der Waals surface area contributed by atoms with Crippen molar-refractivity contribution in [2.24, 2.45) is 40.0 Å². The Morgan fingerprint density at radius 1 is 0.745 bits per heavy atom. The Hall–Kier alpha value is -3.73. The molecule has 0 aromatic carbocycles. The van der Waals surface area contributed by atoms with Crippen molar-refractivity contribution in [1.29, 1.82) is 0 Å². The van der Waals surface area contributed by atoms with Gasteiger partial charge in [0, 0.05) is 35.1 Å². The Balaban J connectivity index is 0.992. The van der Waals surface area contributed by atoms with Crippen LogP contribution in [0.3, 0.4) is 0 Å². The molecular weight excluding hydrogens is 625 g/mol. The molecule has 260 valence electrons. The quantitative estimate of drug-likeness (QED) is 0.280. The SMILES string of the molecule is C1=CCC(N2C3=C(CCC=C3)C3C(C4=CC5OC6CCCC=C6[C@]6(C5C=C4)C4C=CC(C5=CCN=C5)=CC4OC4C=CCCC46)CC=CC32)C=C1. The molecule has 2 fully saturated rings. The van der Waals surface area contributed by atoms with E-state index in [4.69, 9.17) is 9.47 Å². The molecular formula is C47H50N2O2. The highest BCUT2D eigenvalue weighted by Gasteiger charge is 2.65. The molecule has 4 heterocycles. The zero-order valence-corrected chi connectivity index (χ0v) is 29.6. The summed E-state index contributed by atoms with van der Waals surface area (Å²) in [5, 5.41) is 0. The normalized spacial score (nSPS) is 43.9. The molecule has 11 unspecified atom stereocenters. The number of hydrogen-bond acceptors (Lipinski definition) is 4. The summed E-state index contributed by atoms with van der Waals surface area (Å²) >= 11 is 0. The summed E-state index contributed by atoms with van der Waals surface area (Å²) in [5.41, 5.74) is 8.76. The summed E-state index contributed by atoms with van der Waals surface area (Å²) in [6.45, 7) is 0.780. The molecule has 0 radical (unpaired) electrons. The number of allylic oxidation sites excluding steroid dienone is 12. The van der Waals surface area contributed by atoms with Crippen molar-refractivity contribution in [1.82, 2.24) is 4.90 Å². The molecule has 0 N–H and O–H groups in total. The van der Waals surface area contributed by atoms with Crippen LogP contribution in [0.1, 0.15) is 57.8 Å². The molecule has 4 aliphatic heterocycles. The standard InChI is InChI=1S/C47H50N2O2/c1-2-11-33(12-3-1)49-40-17-7-4-13-35(40)46-34(14-10-18-41(46)49)31-22-24-39-45(28-31)51-43-20-9-6-16-37(43)47(39)36-15-5-8-19-42(36)50-44-27-30(21-23-38(44)47)32-25-26-48-29-32/h1-3,7-8,10-11,16-19,21-25,27-29,33-34,36,38-39,41-46H,4-6,9,12-15,20,26H2/t33?,34?,36?,38?,39?,41?,42?,43?,44?,45?,46?,47-/m0/s1. The largest absolute Gasteiger partial charge is 0.366 e. The number of aliphatic imine (C=N–C) groups is 1. The fraction of sp³-hybridized carbons (Fsp3) is 0.468. The molecule has 0 bridgehead atoms. The van der Waals surface area contributed by atoms with Crippen LogP contribution in [0.25, 0.3) is 0 Å². The van der Waals surface area contributed by atoms with Crippen molar-refractivity contribution in [2.75, 3.05) is 6.54 Å². The van der Waals surface area contributed by atoms with E-state index in [1.807, 2.05) is 6.21 Å². The maximum Gasteiger partial charge on any atom is 0.0844 e. The average molecular weight is 675 g/mol. The summed E-state index contributed by atoms with van der Waals surface area (Å²) in [6, 6.07) is 0.837. The fourth-order valence-corrected chi connectivity index (χ4v) is 12.5. The minimum atomic E-state index is -0.0363. The van der Waals surface area contributed by atoms with E-state index in [-0.39, 0.29) is 41.7 Å². The van der Waals surface area contributed by atoms with Crippen LogP contribution in [0.5, 0.6) is 0 Å². The predicted molar refractivity (Wildman–Crippen MR) is 205 cm³/mol. The molecule has 11 aliphatic rings. The summed E-state index contributed by atoms with van der Waals surface area (Å²) < 4.78 is 14.5. The third-order valence-corrected chi connectivity index (χ3v) is 14.4. The van der Waals surface area contributed by atoms with Crippen LogP contribution in [-0.4, -0.2) is 54.2 Å². The van der Waals surface area contributed by atoms with Crippen LogP contribution in [0, 0.1) is 35.0 Å². The van der Waals surface area contributed by atoms with Gasteiger partial charge in [-0.2, -0.15) is 0 Å². The Morgan fingerprint density at radius 3 is 2.59 bits per heavy atom. The maximum absolute atomic E-state index is 7.35. The number of nitrogens with zero attached hydrogens (tertiary/aromatic N) is 2. The zero-order valence-electron chi connectivity index (χ0n) is 29.6. The lowest BCUT2D eigenvalue weighted by atomic mass is 9.46. The Labute approximate surface area is 303 Å². The van der Waals surface area contributed by atoms with Crippen LogP contribution >= 0.6 is 0 Å². The van der Waals surface area contributed by atoms with Gasteiger partial charge < -0.3 is 14.4 Å². The molecule has 0 aromatic heterocycles. The Bertz CT molecular complexity index is 1910. The van der Waals surface area contributed by atoms with Gasteiger partial charge in [0.2, 0.25) is 0 Å². The minimum Gasteiger partial charge on any atom is -0.366 e. The highest BCUT2D eigenvalue weighted by atomic mass is 16.5. The van der Waals surface area contributed by atoms with Gasteiger partial charge in [0.05, 0.1) is 43.0 Å². The molecule has 12 atom stereocenters. The van der Waals surface area contributed by atoms with E-state index in [2.05, 4.69) is 119 Å². The third-order valence-electron chi connectivity index (χ3n) is 14.4. The monoisotopic (exact) mass is 674 g/mol. The van der Waals surface area contributed by atoms with Crippen LogP contribution < -0.4 is 0 Å². The molecule has 7 aliphatic carbocycles. The van der Waals surface area contributed by atoms with Gasteiger partial charge in [0.25, 0.3) is 0 Å². The summed E-state index contributed by atoms with van der Waals surface area (Å²) in [4.78, 5) is 7.28. The predicted octanol–water partition coefficient (Wildman–Crippen LogP) is 9.19. The molecule has 2 saturated heterocycles. The topological polar surface area (TPSA) is 34.1 Å².